The predicted molar refractivity (Wildman–Crippen MR) is 73.3 cm³/mol. The Hall–Kier alpha value is -0.800. The molecule has 4 heteroatoms. The molecule has 1 fully saturated rings. The van der Waals surface area contributed by atoms with Gasteiger partial charge in [-0.25, -0.2) is 0 Å². The third-order valence-corrected chi connectivity index (χ3v) is 4.43. The summed E-state index contributed by atoms with van der Waals surface area (Å²) in [7, 11) is 0. The number of hydrogen-bond donors (Lipinski definition) is 0. The molecule has 3 rings (SSSR count). The summed E-state index contributed by atoms with van der Waals surface area (Å²) in [5.41, 5.74) is 1.39. The number of rotatable bonds is 3. The van der Waals surface area contributed by atoms with Gasteiger partial charge in [0, 0.05) is 43.2 Å². The van der Waals surface area contributed by atoms with Gasteiger partial charge in [0.1, 0.15) is 0 Å². The van der Waals surface area contributed by atoms with Crippen LogP contribution in [0.2, 0.25) is 0 Å². The molecule has 3 nitrogen and oxygen atoms in total. The maximum atomic E-state index is 11.9. The highest BCUT2D eigenvalue weighted by molar-refractivity contribution is 6.17. The Morgan fingerprint density at radius 3 is 3.00 bits per heavy atom. The molecule has 0 radical (unpaired) electrons. The van der Waals surface area contributed by atoms with Crippen molar-refractivity contribution in [3.05, 3.63) is 34.2 Å². The maximum Gasteiger partial charge on any atom is 0.250 e. The van der Waals surface area contributed by atoms with Crippen LogP contribution in [0.1, 0.15) is 24.5 Å². The van der Waals surface area contributed by atoms with Crippen molar-refractivity contribution in [3.8, 4) is 0 Å². The minimum atomic E-state index is 0.163. The Kier molecular flexibility index (Phi) is 3.44. The Morgan fingerprint density at radius 2 is 2.17 bits per heavy atom. The molecule has 2 aliphatic heterocycles. The molecule has 1 aromatic heterocycles. The summed E-state index contributed by atoms with van der Waals surface area (Å²) in [4.78, 5) is 14.4. The van der Waals surface area contributed by atoms with Crippen LogP contribution in [0.15, 0.2) is 23.0 Å². The van der Waals surface area contributed by atoms with Gasteiger partial charge >= 0.3 is 0 Å². The SMILES string of the molecule is O=c1cccc2n1C[C@H]1C[C@@H]2CN(CCCCl)C1. The first-order valence-electron chi connectivity index (χ1n) is 6.76. The van der Waals surface area contributed by atoms with Crippen molar-refractivity contribution < 1.29 is 0 Å². The van der Waals surface area contributed by atoms with Gasteiger partial charge in [0.05, 0.1) is 0 Å². The molecule has 98 valence electrons. The number of hydrogen-bond acceptors (Lipinski definition) is 2. The van der Waals surface area contributed by atoms with E-state index in [-0.39, 0.29) is 5.56 Å². The second-order valence-corrected chi connectivity index (χ2v) is 5.88. The van der Waals surface area contributed by atoms with E-state index in [1.54, 1.807) is 6.07 Å². The lowest BCUT2D eigenvalue weighted by Crippen LogP contribution is -2.47. The van der Waals surface area contributed by atoms with Crippen molar-refractivity contribution in [3.63, 3.8) is 0 Å². The average molecular weight is 267 g/mol. The van der Waals surface area contributed by atoms with E-state index in [2.05, 4.69) is 11.0 Å². The summed E-state index contributed by atoms with van der Waals surface area (Å²) < 4.78 is 1.98. The number of likely N-dealkylation sites (tertiary alicyclic amines) is 1. The normalized spacial score (nSPS) is 26.9. The van der Waals surface area contributed by atoms with Gasteiger partial charge in [-0.1, -0.05) is 6.07 Å². The van der Waals surface area contributed by atoms with Crippen LogP contribution in [0.4, 0.5) is 0 Å². The molecule has 0 aliphatic carbocycles. The smallest absolute Gasteiger partial charge is 0.250 e. The van der Waals surface area contributed by atoms with Crippen molar-refractivity contribution in [1.82, 2.24) is 9.47 Å². The van der Waals surface area contributed by atoms with Crippen molar-refractivity contribution in [2.45, 2.75) is 25.3 Å². The van der Waals surface area contributed by atoms with Crippen molar-refractivity contribution in [2.75, 3.05) is 25.5 Å². The number of alkyl halides is 1. The molecule has 0 amide bonds. The van der Waals surface area contributed by atoms with E-state index in [0.29, 0.717) is 11.8 Å². The van der Waals surface area contributed by atoms with Gasteiger partial charge < -0.3 is 9.47 Å². The monoisotopic (exact) mass is 266 g/mol. The van der Waals surface area contributed by atoms with Crippen LogP contribution < -0.4 is 5.56 Å². The van der Waals surface area contributed by atoms with E-state index >= 15 is 0 Å². The maximum absolute atomic E-state index is 11.9. The molecule has 18 heavy (non-hydrogen) atoms. The fourth-order valence-corrected chi connectivity index (χ4v) is 3.58. The highest BCUT2D eigenvalue weighted by Crippen LogP contribution is 2.34. The molecule has 3 heterocycles. The minimum absolute atomic E-state index is 0.163. The van der Waals surface area contributed by atoms with Gasteiger partial charge in [-0.05, 0) is 31.4 Å². The van der Waals surface area contributed by atoms with Gasteiger partial charge in [-0.15, -0.1) is 11.6 Å². The molecule has 2 bridgehead atoms. The van der Waals surface area contributed by atoms with Crippen LogP contribution in [0.3, 0.4) is 0 Å². The van der Waals surface area contributed by atoms with Gasteiger partial charge in [0.15, 0.2) is 0 Å². The first-order chi connectivity index (χ1) is 8.78. The summed E-state index contributed by atoms with van der Waals surface area (Å²) in [5, 5.41) is 0. The summed E-state index contributed by atoms with van der Waals surface area (Å²) in [6.07, 6.45) is 2.30. The van der Waals surface area contributed by atoms with Crippen molar-refractivity contribution in [2.24, 2.45) is 5.92 Å². The van der Waals surface area contributed by atoms with Gasteiger partial charge in [-0.2, -0.15) is 0 Å². The van der Waals surface area contributed by atoms with Gasteiger partial charge in [0.25, 0.3) is 5.56 Å². The fourth-order valence-electron chi connectivity index (χ4n) is 3.46. The van der Waals surface area contributed by atoms with Crippen LogP contribution in [0.25, 0.3) is 0 Å². The second-order valence-electron chi connectivity index (χ2n) is 5.50. The van der Waals surface area contributed by atoms with Crippen LogP contribution in [0, 0.1) is 5.92 Å². The van der Waals surface area contributed by atoms with Crippen LogP contribution in [-0.4, -0.2) is 35.0 Å². The Morgan fingerprint density at radius 1 is 1.28 bits per heavy atom. The van der Waals surface area contributed by atoms with E-state index in [0.717, 1.165) is 38.5 Å². The summed E-state index contributed by atoms with van der Waals surface area (Å²) >= 11 is 5.77. The fraction of sp³-hybridized carbons (Fsp3) is 0.643. The largest absolute Gasteiger partial charge is 0.312 e. The summed E-state index contributed by atoms with van der Waals surface area (Å²) in [6, 6.07) is 5.69. The zero-order valence-corrected chi connectivity index (χ0v) is 11.3. The number of halogens is 1. The highest BCUT2D eigenvalue weighted by Gasteiger charge is 2.33. The van der Waals surface area contributed by atoms with Gasteiger partial charge in [0.2, 0.25) is 0 Å². The summed E-state index contributed by atoms with van der Waals surface area (Å²) in [5.74, 6) is 1.90. The number of piperidine rings is 1. The Balaban J connectivity index is 1.83. The molecule has 0 N–H and O–H groups in total. The lowest BCUT2D eigenvalue weighted by Gasteiger charge is -2.42. The Labute approximate surface area is 112 Å². The zero-order valence-electron chi connectivity index (χ0n) is 10.5. The Bertz CT molecular complexity index is 485. The number of fused-ring (bicyclic) bond motifs is 4. The quantitative estimate of drug-likeness (QED) is 0.781. The van der Waals surface area contributed by atoms with Crippen LogP contribution in [0.5, 0.6) is 0 Å². The zero-order chi connectivity index (χ0) is 12.5. The lowest BCUT2D eigenvalue weighted by molar-refractivity contribution is 0.120. The van der Waals surface area contributed by atoms with Crippen LogP contribution >= 0.6 is 11.6 Å². The molecule has 1 aromatic rings. The molecule has 2 aliphatic rings. The standard InChI is InChI=1S/C14H19ClN2O/c15-5-2-6-16-8-11-7-12(10-16)13-3-1-4-14(18)17(13)9-11/h1,3-4,11-12H,2,5-10H2/t11-,12+/m0/s1. The first kappa shape index (κ1) is 12.2. The van der Waals surface area contributed by atoms with Crippen LogP contribution in [-0.2, 0) is 6.54 Å². The van der Waals surface area contributed by atoms with Crippen molar-refractivity contribution >= 4 is 11.6 Å². The predicted octanol–water partition coefficient (Wildman–Crippen LogP) is 1.90. The van der Waals surface area contributed by atoms with E-state index < -0.39 is 0 Å². The number of pyridine rings is 1. The molecule has 2 atom stereocenters. The molecule has 0 spiro atoms. The molecule has 1 saturated heterocycles. The summed E-state index contributed by atoms with van der Waals surface area (Å²) in [6.45, 7) is 4.18. The van der Waals surface area contributed by atoms with E-state index in [1.807, 2.05) is 10.6 Å². The third kappa shape index (κ3) is 2.21. The van der Waals surface area contributed by atoms with E-state index in [9.17, 15) is 4.79 Å². The molecule has 0 unspecified atom stereocenters. The molecular formula is C14H19ClN2O. The van der Waals surface area contributed by atoms with Crippen molar-refractivity contribution in [1.29, 1.82) is 0 Å². The minimum Gasteiger partial charge on any atom is -0.312 e. The molecule has 0 saturated carbocycles. The van der Waals surface area contributed by atoms with E-state index in [1.165, 1.54) is 12.1 Å². The second kappa shape index (κ2) is 5.06. The third-order valence-electron chi connectivity index (χ3n) is 4.16. The number of nitrogens with zero attached hydrogens (tertiary/aromatic N) is 2. The number of aromatic nitrogens is 1. The molecular weight excluding hydrogens is 248 g/mol. The van der Waals surface area contributed by atoms with Gasteiger partial charge in [-0.3, -0.25) is 4.79 Å². The first-order valence-corrected chi connectivity index (χ1v) is 7.29. The lowest BCUT2D eigenvalue weighted by atomic mass is 9.83. The highest BCUT2D eigenvalue weighted by atomic mass is 35.5. The topological polar surface area (TPSA) is 25.2 Å². The average Bonchev–Trinajstić information content (AvgIpc) is 2.38. The van der Waals surface area contributed by atoms with E-state index in [4.69, 9.17) is 11.6 Å². The molecule has 0 aromatic carbocycles.